The Balaban J connectivity index is 1.54. The molecule has 3 aromatic rings. The van der Waals surface area contributed by atoms with Gasteiger partial charge in [0.25, 0.3) is 0 Å². The summed E-state index contributed by atoms with van der Waals surface area (Å²) in [6.07, 6.45) is -0.563. The summed E-state index contributed by atoms with van der Waals surface area (Å²) >= 11 is 1.12. The molecule has 4 rings (SSSR count). The minimum Gasteiger partial charge on any atom is -0.497 e. The van der Waals surface area contributed by atoms with Crippen molar-refractivity contribution >= 4 is 45.1 Å². The van der Waals surface area contributed by atoms with Crippen molar-refractivity contribution in [3.05, 3.63) is 54.6 Å². The number of methoxy groups -OCH3 is 2. The number of nitrogens with zero attached hydrogens (tertiary/aromatic N) is 2. The van der Waals surface area contributed by atoms with E-state index in [2.05, 4.69) is 20.4 Å². The lowest BCUT2D eigenvalue weighted by Crippen LogP contribution is -2.28. The maximum Gasteiger partial charge on any atom is 0.413 e. The zero-order chi connectivity index (χ0) is 23.4. The molecule has 2 heterocycles. The van der Waals surface area contributed by atoms with E-state index in [0.29, 0.717) is 22.1 Å². The molecular formula is C23H22N4O5S. The normalized spacial score (nSPS) is 15.3. The van der Waals surface area contributed by atoms with E-state index in [4.69, 9.17) is 4.74 Å². The van der Waals surface area contributed by atoms with Crippen molar-refractivity contribution in [1.82, 2.24) is 4.98 Å². The lowest BCUT2D eigenvalue weighted by Gasteiger charge is -2.17. The van der Waals surface area contributed by atoms with E-state index < -0.39 is 12.0 Å². The molecule has 1 aromatic heterocycles. The predicted octanol–water partition coefficient (Wildman–Crippen LogP) is 3.99. The van der Waals surface area contributed by atoms with E-state index in [9.17, 15) is 14.4 Å². The predicted molar refractivity (Wildman–Crippen MR) is 126 cm³/mol. The Morgan fingerprint density at radius 2 is 1.88 bits per heavy atom. The molecule has 1 fully saturated rings. The molecule has 1 aliphatic heterocycles. The molecule has 1 saturated heterocycles. The zero-order valence-corrected chi connectivity index (χ0v) is 18.8. The number of amides is 3. The van der Waals surface area contributed by atoms with Crippen LogP contribution in [0.3, 0.4) is 0 Å². The Hall–Kier alpha value is -3.92. The van der Waals surface area contributed by atoms with Crippen molar-refractivity contribution in [2.24, 2.45) is 5.92 Å². The van der Waals surface area contributed by atoms with Gasteiger partial charge in [0.15, 0.2) is 5.13 Å². The van der Waals surface area contributed by atoms with Gasteiger partial charge in [0.05, 0.1) is 20.1 Å². The number of benzene rings is 2. The quantitative estimate of drug-likeness (QED) is 0.569. The van der Waals surface area contributed by atoms with Gasteiger partial charge in [0.2, 0.25) is 11.8 Å². The molecule has 1 atom stereocenters. The van der Waals surface area contributed by atoms with Gasteiger partial charge in [0.1, 0.15) is 16.4 Å². The summed E-state index contributed by atoms with van der Waals surface area (Å²) in [5.74, 6) is -0.328. The third-order valence-corrected chi connectivity index (χ3v) is 6.05. The number of carbonyl (C=O) groups is 3. The van der Waals surface area contributed by atoms with Gasteiger partial charge in [-0.05, 0) is 12.1 Å². The summed E-state index contributed by atoms with van der Waals surface area (Å²) in [7, 11) is 2.82. The highest BCUT2D eigenvalue weighted by atomic mass is 32.1. The Kier molecular flexibility index (Phi) is 6.55. The highest BCUT2D eigenvalue weighted by Crippen LogP contribution is 2.37. The van der Waals surface area contributed by atoms with E-state index in [1.54, 1.807) is 30.2 Å². The van der Waals surface area contributed by atoms with Gasteiger partial charge in [-0.2, -0.15) is 0 Å². The number of anilines is 3. The molecule has 1 unspecified atom stereocenters. The van der Waals surface area contributed by atoms with Gasteiger partial charge >= 0.3 is 6.09 Å². The molecule has 0 aliphatic carbocycles. The maximum atomic E-state index is 13.1. The number of rotatable bonds is 6. The zero-order valence-electron chi connectivity index (χ0n) is 18.0. The first-order chi connectivity index (χ1) is 16.0. The topological polar surface area (TPSA) is 110 Å². The third kappa shape index (κ3) is 4.96. The van der Waals surface area contributed by atoms with E-state index in [1.165, 1.54) is 7.11 Å². The summed E-state index contributed by atoms with van der Waals surface area (Å²) in [6, 6.07) is 16.5. The van der Waals surface area contributed by atoms with E-state index in [1.807, 2.05) is 36.4 Å². The van der Waals surface area contributed by atoms with E-state index >= 15 is 0 Å². The number of ether oxygens (including phenoxy) is 2. The first-order valence-corrected chi connectivity index (χ1v) is 11.0. The van der Waals surface area contributed by atoms with Crippen LogP contribution < -0.4 is 20.3 Å². The van der Waals surface area contributed by atoms with Crippen molar-refractivity contribution in [2.45, 2.75) is 6.42 Å². The third-order valence-electron chi connectivity index (χ3n) is 5.17. The fourth-order valence-electron chi connectivity index (χ4n) is 3.51. The van der Waals surface area contributed by atoms with Crippen LogP contribution in [-0.2, 0) is 14.3 Å². The Labute approximate surface area is 194 Å². The van der Waals surface area contributed by atoms with Crippen molar-refractivity contribution in [1.29, 1.82) is 0 Å². The molecule has 9 nitrogen and oxygen atoms in total. The van der Waals surface area contributed by atoms with Crippen molar-refractivity contribution in [2.75, 3.05) is 36.3 Å². The Morgan fingerprint density at radius 3 is 2.61 bits per heavy atom. The first kappa shape index (κ1) is 22.3. The molecule has 3 amide bonds. The smallest absolute Gasteiger partial charge is 0.413 e. The molecule has 0 bridgehead atoms. The summed E-state index contributed by atoms with van der Waals surface area (Å²) in [5.41, 5.74) is 1.98. The van der Waals surface area contributed by atoms with Gasteiger partial charge in [-0.1, -0.05) is 47.7 Å². The Bertz CT molecular complexity index is 1180. The van der Waals surface area contributed by atoms with Crippen LogP contribution >= 0.6 is 11.3 Å². The largest absolute Gasteiger partial charge is 0.497 e. The summed E-state index contributed by atoms with van der Waals surface area (Å²) in [5, 5.41) is 6.20. The number of nitrogens with one attached hydrogen (secondary N) is 2. The van der Waals surface area contributed by atoms with Crippen molar-refractivity contribution in [3.63, 3.8) is 0 Å². The Morgan fingerprint density at radius 1 is 1.09 bits per heavy atom. The van der Waals surface area contributed by atoms with Crippen LogP contribution in [0.25, 0.3) is 11.3 Å². The second-order valence-electron chi connectivity index (χ2n) is 7.28. The molecule has 33 heavy (non-hydrogen) atoms. The highest BCUT2D eigenvalue weighted by molar-refractivity contribution is 7.20. The second-order valence-corrected chi connectivity index (χ2v) is 8.27. The number of hydrogen-bond acceptors (Lipinski definition) is 7. The SMILES string of the molecule is COC(=O)Nc1nc(-c2ccccc2)c(NC(=O)C2CC(=O)N(c3cccc(OC)c3)C2)s1. The molecule has 0 saturated carbocycles. The number of carbonyl (C=O) groups excluding carboxylic acids is 3. The fraction of sp³-hybridized carbons (Fsp3) is 0.217. The van der Waals surface area contributed by atoms with E-state index in [-0.39, 0.29) is 29.9 Å². The van der Waals surface area contributed by atoms with Crippen LogP contribution in [0.5, 0.6) is 5.75 Å². The summed E-state index contributed by atoms with van der Waals surface area (Å²) < 4.78 is 9.87. The first-order valence-electron chi connectivity index (χ1n) is 10.1. The van der Waals surface area contributed by atoms with Crippen LogP contribution in [0, 0.1) is 5.92 Å². The standard InChI is InChI=1S/C23H22N4O5S/c1-31-17-10-6-9-16(12-17)27-13-15(11-18(27)28)20(29)25-21-19(14-7-4-3-5-8-14)24-22(33-21)26-23(30)32-2/h3-10,12,15H,11,13H2,1-2H3,(H,25,29)(H,24,26,30). The van der Waals surface area contributed by atoms with Gasteiger partial charge in [-0.15, -0.1) is 0 Å². The minimum atomic E-state index is -0.656. The van der Waals surface area contributed by atoms with E-state index in [0.717, 1.165) is 16.9 Å². The highest BCUT2D eigenvalue weighted by Gasteiger charge is 2.36. The lowest BCUT2D eigenvalue weighted by atomic mass is 10.1. The van der Waals surface area contributed by atoms with Gasteiger partial charge < -0.3 is 19.7 Å². The number of aromatic nitrogens is 1. The fourth-order valence-corrected chi connectivity index (χ4v) is 4.39. The monoisotopic (exact) mass is 466 g/mol. The van der Waals surface area contributed by atoms with Crippen LogP contribution in [0.4, 0.5) is 20.6 Å². The van der Waals surface area contributed by atoms with Crippen LogP contribution in [0.2, 0.25) is 0 Å². The van der Waals surface area contributed by atoms with Crippen LogP contribution in [0.1, 0.15) is 6.42 Å². The molecule has 0 spiro atoms. The average molecular weight is 467 g/mol. The van der Waals surface area contributed by atoms with Gasteiger partial charge in [0, 0.05) is 30.3 Å². The van der Waals surface area contributed by atoms with Crippen LogP contribution in [0.15, 0.2) is 54.6 Å². The number of hydrogen-bond donors (Lipinski definition) is 2. The molecular weight excluding hydrogens is 444 g/mol. The van der Waals surface area contributed by atoms with Crippen molar-refractivity contribution < 1.29 is 23.9 Å². The lowest BCUT2D eigenvalue weighted by molar-refractivity contribution is -0.122. The maximum absolute atomic E-state index is 13.1. The molecule has 10 heteroatoms. The average Bonchev–Trinajstić information content (AvgIpc) is 3.42. The molecule has 170 valence electrons. The van der Waals surface area contributed by atoms with Crippen molar-refractivity contribution in [3.8, 4) is 17.0 Å². The van der Waals surface area contributed by atoms with Crippen LogP contribution in [-0.4, -0.2) is 43.7 Å². The minimum absolute atomic E-state index is 0.0930. The second kappa shape index (κ2) is 9.70. The number of thiazole rings is 1. The molecule has 2 N–H and O–H groups in total. The van der Waals surface area contributed by atoms with Gasteiger partial charge in [-0.3, -0.25) is 14.9 Å². The molecule has 0 radical (unpaired) electrons. The molecule has 2 aromatic carbocycles. The summed E-state index contributed by atoms with van der Waals surface area (Å²) in [4.78, 5) is 43.4. The molecule has 1 aliphatic rings. The van der Waals surface area contributed by atoms with Gasteiger partial charge in [-0.25, -0.2) is 9.78 Å². The summed E-state index contributed by atoms with van der Waals surface area (Å²) in [6.45, 7) is 0.255.